The van der Waals surface area contributed by atoms with Crippen molar-refractivity contribution in [2.45, 2.75) is 20.8 Å². The topological polar surface area (TPSA) is 127 Å². The second-order valence-electron chi connectivity index (χ2n) is 5.40. The normalized spacial score (nSPS) is 10.2. The number of hydrogen-bond acceptors (Lipinski definition) is 7. The molecule has 2 aromatic rings. The molecule has 0 bridgehead atoms. The van der Waals surface area contributed by atoms with E-state index in [1.54, 1.807) is 38.3 Å². The van der Waals surface area contributed by atoms with E-state index in [2.05, 4.69) is 15.8 Å². The van der Waals surface area contributed by atoms with Crippen LogP contribution in [0.1, 0.15) is 48.7 Å². The van der Waals surface area contributed by atoms with Gasteiger partial charge in [-0.15, -0.1) is 11.3 Å². The second kappa shape index (κ2) is 8.99. The van der Waals surface area contributed by atoms with Gasteiger partial charge < -0.3 is 14.5 Å². The van der Waals surface area contributed by atoms with Gasteiger partial charge >= 0.3 is 11.9 Å². The lowest BCUT2D eigenvalue weighted by Gasteiger charge is -2.08. The minimum absolute atomic E-state index is 0.161. The van der Waals surface area contributed by atoms with Gasteiger partial charge in [-0.05, 0) is 37.8 Å². The van der Waals surface area contributed by atoms with Crippen molar-refractivity contribution in [3.8, 4) is 0 Å². The van der Waals surface area contributed by atoms with Crippen LogP contribution in [0.2, 0.25) is 0 Å². The van der Waals surface area contributed by atoms with Gasteiger partial charge in [-0.25, -0.2) is 9.59 Å². The molecule has 0 atom stereocenters. The average molecular weight is 393 g/mol. The summed E-state index contributed by atoms with van der Waals surface area (Å²) in [5.74, 6) is -2.52. The van der Waals surface area contributed by atoms with Gasteiger partial charge in [-0.3, -0.25) is 20.4 Å². The first kappa shape index (κ1) is 20.2. The Kier molecular flexibility index (Phi) is 6.72. The zero-order chi connectivity index (χ0) is 20.0. The average Bonchev–Trinajstić information content (AvgIpc) is 3.26. The zero-order valence-electron chi connectivity index (χ0n) is 15.0. The number of hydrazine groups is 1. The Morgan fingerprint density at radius 2 is 1.85 bits per heavy atom. The predicted octanol–water partition coefficient (Wildman–Crippen LogP) is 1.49. The molecule has 0 aliphatic carbocycles. The van der Waals surface area contributed by atoms with E-state index in [9.17, 15) is 19.2 Å². The highest BCUT2D eigenvalue weighted by atomic mass is 32.1. The van der Waals surface area contributed by atoms with Gasteiger partial charge in [0.2, 0.25) is 0 Å². The van der Waals surface area contributed by atoms with Crippen molar-refractivity contribution in [2.24, 2.45) is 0 Å². The summed E-state index contributed by atoms with van der Waals surface area (Å²) >= 11 is 1.22. The SMILES string of the molecule is CCOC(=O)c1[nH]c(C)c(C(=O)OCC(=O)NNC(=O)c2cccs2)c1C. The highest BCUT2D eigenvalue weighted by Gasteiger charge is 2.24. The first-order valence-corrected chi connectivity index (χ1v) is 8.89. The maximum Gasteiger partial charge on any atom is 0.355 e. The molecule has 0 saturated carbocycles. The van der Waals surface area contributed by atoms with Crippen LogP contribution >= 0.6 is 11.3 Å². The minimum Gasteiger partial charge on any atom is -0.461 e. The number of nitrogens with one attached hydrogen (secondary N) is 3. The van der Waals surface area contributed by atoms with Crippen molar-refractivity contribution in [1.29, 1.82) is 0 Å². The number of H-pyrrole nitrogens is 1. The number of aryl methyl sites for hydroxylation is 1. The molecule has 2 aromatic heterocycles. The number of hydrogen-bond donors (Lipinski definition) is 3. The number of carbonyl (C=O) groups is 4. The number of esters is 2. The zero-order valence-corrected chi connectivity index (χ0v) is 15.8. The molecule has 10 heteroatoms. The molecule has 27 heavy (non-hydrogen) atoms. The van der Waals surface area contributed by atoms with Crippen molar-refractivity contribution in [1.82, 2.24) is 15.8 Å². The molecule has 0 spiro atoms. The van der Waals surface area contributed by atoms with E-state index in [4.69, 9.17) is 9.47 Å². The van der Waals surface area contributed by atoms with Gasteiger partial charge in [-0.2, -0.15) is 0 Å². The lowest BCUT2D eigenvalue weighted by atomic mass is 10.1. The molecular formula is C17H19N3O6S. The third-order valence-electron chi connectivity index (χ3n) is 3.52. The Labute approximate surface area is 159 Å². The Morgan fingerprint density at radius 3 is 2.48 bits per heavy atom. The van der Waals surface area contributed by atoms with Crippen LogP contribution in [0.5, 0.6) is 0 Å². The van der Waals surface area contributed by atoms with Gasteiger partial charge in [-0.1, -0.05) is 6.07 Å². The Morgan fingerprint density at radius 1 is 1.11 bits per heavy atom. The molecule has 2 amide bonds. The maximum absolute atomic E-state index is 12.2. The standard InChI is InChI=1S/C17H19N3O6S/c1-4-25-17(24)14-9(2)13(10(3)18-14)16(23)26-8-12(21)19-20-15(22)11-6-5-7-27-11/h5-7,18H,4,8H2,1-3H3,(H,19,21)(H,20,22). The molecule has 0 aliphatic rings. The smallest absolute Gasteiger partial charge is 0.355 e. The fourth-order valence-electron chi connectivity index (χ4n) is 2.30. The summed E-state index contributed by atoms with van der Waals surface area (Å²) in [7, 11) is 0. The monoisotopic (exact) mass is 393 g/mol. The Balaban J connectivity index is 1.91. The highest BCUT2D eigenvalue weighted by molar-refractivity contribution is 7.12. The van der Waals surface area contributed by atoms with Crippen LogP contribution in [-0.2, 0) is 14.3 Å². The van der Waals surface area contributed by atoms with Crippen LogP contribution in [0.15, 0.2) is 17.5 Å². The molecule has 144 valence electrons. The van der Waals surface area contributed by atoms with E-state index in [0.717, 1.165) is 0 Å². The summed E-state index contributed by atoms with van der Waals surface area (Å²) < 4.78 is 9.87. The van der Waals surface area contributed by atoms with Crippen LogP contribution in [0.25, 0.3) is 0 Å². The largest absolute Gasteiger partial charge is 0.461 e. The van der Waals surface area contributed by atoms with Crippen LogP contribution in [0, 0.1) is 13.8 Å². The summed E-state index contributed by atoms with van der Waals surface area (Å²) in [4.78, 5) is 50.8. The summed E-state index contributed by atoms with van der Waals surface area (Å²) in [5, 5.41) is 1.73. The van der Waals surface area contributed by atoms with E-state index in [-0.39, 0.29) is 17.9 Å². The number of thiophene rings is 1. The lowest BCUT2D eigenvalue weighted by Crippen LogP contribution is -2.43. The number of rotatable bonds is 6. The van der Waals surface area contributed by atoms with E-state index in [0.29, 0.717) is 16.1 Å². The molecule has 2 rings (SSSR count). The summed E-state index contributed by atoms with van der Waals surface area (Å²) in [6.07, 6.45) is 0. The van der Waals surface area contributed by atoms with Gasteiger partial charge in [0.15, 0.2) is 6.61 Å². The van der Waals surface area contributed by atoms with Crippen molar-refractivity contribution >= 4 is 35.1 Å². The summed E-state index contributed by atoms with van der Waals surface area (Å²) in [6.45, 7) is 4.46. The van der Waals surface area contributed by atoms with Crippen LogP contribution < -0.4 is 10.9 Å². The number of ether oxygens (including phenoxy) is 2. The molecule has 0 saturated heterocycles. The number of aromatic amines is 1. The predicted molar refractivity (Wildman–Crippen MR) is 96.4 cm³/mol. The molecule has 2 heterocycles. The maximum atomic E-state index is 12.2. The van der Waals surface area contributed by atoms with Crippen LogP contribution in [0.4, 0.5) is 0 Å². The highest BCUT2D eigenvalue weighted by Crippen LogP contribution is 2.19. The van der Waals surface area contributed by atoms with Crippen LogP contribution in [-0.4, -0.2) is 42.0 Å². The fraction of sp³-hybridized carbons (Fsp3) is 0.294. The van der Waals surface area contributed by atoms with Gasteiger partial charge in [0, 0.05) is 5.69 Å². The van der Waals surface area contributed by atoms with E-state index < -0.39 is 30.4 Å². The van der Waals surface area contributed by atoms with E-state index >= 15 is 0 Å². The summed E-state index contributed by atoms with van der Waals surface area (Å²) in [6, 6.07) is 3.31. The lowest BCUT2D eigenvalue weighted by molar-refractivity contribution is -0.125. The minimum atomic E-state index is -0.767. The molecule has 0 aliphatic heterocycles. The number of amides is 2. The molecule has 0 unspecified atom stereocenters. The van der Waals surface area contributed by atoms with Gasteiger partial charge in [0.1, 0.15) is 5.69 Å². The van der Waals surface area contributed by atoms with Gasteiger partial charge in [0.25, 0.3) is 11.8 Å². The number of carbonyl (C=O) groups excluding carboxylic acids is 4. The van der Waals surface area contributed by atoms with Crippen molar-refractivity contribution in [2.75, 3.05) is 13.2 Å². The molecule has 0 aromatic carbocycles. The molecule has 0 fully saturated rings. The van der Waals surface area contributed by atoms with Crippen molar-refractivity contribution < 1.29 is 28.7 Å². The first-order valence-electron chi connectivity index (χ1n) is 8.01. The third-order valence-corrected chi connectivity index (χ3v) is 4.38. The van der Waals surface area contributed by atoms with E-state index in [1.807, 2.05) is 0 Å². The summed E-state index contributed by atoms with van der Waals surface area (Å²) in [5.41, 5.74) is 5.50. The van der Waals surface area contributed by atoms with Crippen molar-refractivity contribution in [3.05, 3.63) is 44.9 Å². The molecular weight excluding hydrogens is 374 g/mol. The van der Waals surface area contributed by atoms with Gasteiger partial charge in [0.05, 0.1) is 17.0 Å². The van der Waals surface area contributed by atoms with E-state index in [1.165, 1.54) is 11.3 Å². The number of aromatic nitrogens is 1. The quantitative estimate of drug-likeness (QED) is 0.504. The molecule has 9 nitrogen and oxygen atoms in total. The second-order valence-corrected chi connectivity index (χ2v) is 6.35. The van der Waals surface area contributed by atoms with Crippen molar-refractivity contribution in [3.63, 3.8) is 0 Å². The molecule has 0 radical (unpaired) electrons. The Hall–Kier alpha value is -3.14. The first-order chi connectivity index (χ1) is 12.8. The van der Waals surface area contributed by atoms with Crippen LogP contribution in [0.3, 0.4) is 0 Å². The fourth-order valence-corrected chi connectivity index (χ4v) is 2.92. The third kappa shape index (κ3) is 4.94. The molecule has 3 N–H and O–H groups in total. The Bertz CT molecular complexity index is 856.